The van der Waals surface area contributed by atoms with Crippen molar-refractivity contribution in [3.63, 3.8) is 0 Å². The predicted molar refractivity (Wildman–Crippen MR) is 106 cm³/mol. The van der Waals surface area contributed by atoms with Crippen LogP contribution in [0.1, 0.15) is 38.3 Å². The lowest BCUT2D eigenvalue weighted by molar-refractivity contribution is -0.122. The van der Waals surface area contributed by atoms with Crippen molar-refractivity contribution in [2.75, 3.05) is 12.9 Å². The number of benzene rings is 2. The van der Waals surface area contributed by atoms with Crippen molar-refractivity contribution in [1.82, 2.24) is 5.32 Å². The van der Waals surface area contributed by atoms with Gasteiger partial charge < -0.3 is 14.8 Å². The van der Waals surface area contributed by atoms with E-state index in [0.29, 0.717) is 12.2 Å². The average Bonchev–Trinajstić information content (AvgIpc) is 2.65. The Morgan fingerprint density at radius 2 is 1.86 bits per heavy atom. The first-order valence-corrected chi connectivity index (χ1v) is 10.8. The maximum Gasteiger partial charge on any atom is 0.221 e. The maximum atomic E-state index is 12.5. The van der Waals surface area contributed by atoms with E-state index in [1.165, 1.54) is 19.2 Å². The molecular formula is C21H25NO5S. The summed E-state index contributed by atoms with van der Waals surface area (Å²) in [5, 5.41) is 2.97. The van der Waals surface area contributed by atoms with Crippen LogP contribution in [0.2, 0.25) is 0 Å². The quantitative estimate of drug-likeness (QED) is 0.800. The van der Waals surface area contributed by atoms with Gasteiger partial charge in [-0.1, -0.05) is 18.2 Å². The molecule has 0 fully saturated rings. The number of rotatable bonds is 6. The molecule has 1 amide bonds. The number of fused-ring (bicyclic) bond motifs is 1. The number of amides is 1. The van der Waals surface area contributed by atoms with Crippen LogP contribution in [-0.4, -0.2) is 32.8 Å². The van der Waals surface area contributed by atoms with Crippen LogP contribution in [0.5, 0.6) is 11.5 Å². The number of sulfone groups is 1. The van der Waals surface area contributed by atoms with Gasteiger partial charge in [0.2, 0.25) is 5.91 Å². The number of hydrogen-bond donors (Lipinski definition) is 1. The molecule has 0 radical (unpaired) electrons. The van der Waals surface area contributed by atoms with Crippen LogP contribution in [0.15, 0.2) is 53.4 Å². The average molecular weight is 404 g/mol. The zero-order valence-corrected chi connectivity index (χ0v) is 17.1. The number of carbonyl (C=O) groups excluding carboxylic acids is 1. The van der Waals surface area contributed by atoms with Crippen LogP contribution in [0.25, 0.3) is 0 Å². The molecule has 7 heteroatoms. The maximum absolute atomic E-state index is 12.5. The molecule has 1 aliphatic rings. The van der Waals surface area contributed by atoms with E-state index in [1.807, 2.05) is 38.1 Å². The van der Waals surface area contributed by atoms with Gasteiger partial charge in [-0.2, -0.15) is 0 Å². The number of carbonyl (C=O) groups is 1. The van der Waals surface area contributed by atoms with E-state index in [-0.39, 0.29) is 29.0 Å². The fourth-order valence-corrected chi connectivity index (χ4v) is 4.57. The van der Waals surface area contributed by atoms with E-state index in [2.05, 4.69) is 5.32 Å². The van der Waals surface area contributed by atoms with Crippen molar-refractivity contribution in [2.24, 2.45) is 0 Å². The van der Waals surface area contributed by atoms with Gasteiger partial charge in [0.25, 0.3) is 0 Å². The predicted octanol–water partition coefficient (Wildman–Crippen LogP) is 3.28. The molecule has 6 nitrogen and oxygen atoms in total. The van der Waals surface area contributed by atoms with E-state index < -0.39 is 15.4 Å². The third kappa shape index (κ3) is 4.65. The molecule has 0 saturated heterocycles. The molecule has 150 valence electrons. The Morgan fingerprint density at radius 3 is 2.54 bits per heavy atom. The summed E-state index contributed by atoms with van der Waals surface area (Å²) in [4.78, 5) is 12.7. The van der Waals surface area contributed by atoms with Gasteiger partial charge in [0.05, 0.1) is 23.8 Å². The lowest BCUT2D eigenvalue weighted by atomic mass is 9.89. The highest BCUT2D eigenvalue weighted by molar-refractivity contribution is 7.91. The van der Waals surface area contributed by atoms with Crippen LogP contribution < -0.4 is 14.8 Å². The second-order valence-corrected chi connectivity index (χ2v) is 9.58. The molecule has 1 heterocycles. The smallest absolute Gasteiger partial charge is 0.221 e. The normalized spacial score (nSPS) is 17.9. The fraction of sp³-hybridized carbons (Fsp3) is 0.381. The minimum absolute atomic E-state index is 0.103. The molecule has 1 atom stereocenters. The summed E-state index contributed by atoms with van der Waals surface area (Å²) in [6.45, 7) is 3.94. The van der Waals surface area contributed by atoms with Gasteiger partial charge in [0.15, 0.2) is 9.84 Å². The minimum atomic E-state index is -3.55. The molecule has 0 aromatic heterocycles. The van der Waals surface area contributed by atoms with Gasteiger partial charge in [-0.15, -0.1) is 0 Å². The van der Waals surface area contributed by atoms with E-state index in [1.54, 1.807) is 12.1 Å². The topological polar surface area (TPSA) is 81.7 Å². The van der Waals surface area contributed by atoms with Crippen LogP contribution in [-0.2, 0) is 14.6 Å². The molecule has 2 aromatic rings. The molecule has 1 unspecified atom stereocenters. The Bertz CT molecular complexity index is 951. The summed E-state index contributed by atoms with van der Waals surface area (Å²) in [5.74, 6) is 0.779. The Kier molecular flexibility index (Phi) is 5.65. The summed E-state index contributed by atoms with van der Waals surface area (Å²) >= 11 is 0. The SMILES string of the molecule is COc1ccc(S(=O)(=O)CCC(=O)NC2CC(C)(C)Oc3ccccc32)cc1. The Morgan fingerprint density at radius 1 is 1.18 bits per heavy atom. The van der Waals surface area contributed by atoms with Crippen molar-refractivity contribution in [3.8, 4) is 11.5 Å². The number of methoxy groups -OCH3 is 1. The largest absolute Gasteiger partial charge is 0.497 e. The molecule has 0 spiro atoms. The van der Waals surface area contributed by atoms with Crippen molar-refractivity contribution in [2.45, 2.75) is 43.2 Å². The van der Waals surface area contributed by atoms with Crippen molar-refractivity contribution in [1.29, 1.82) is 0 Å². The summed E-state index contributed by atoms with van der Waals surface area (Å²) < 4.78 is 36.0. The highest BCUT2D eigenvalue weighted by atomic mass is 32.2. The van der Waals surface area contributed by atoms with E-state index >= 15 is 0 Å². The molecule has 0 saturated carbocycles. The molecule has 3 rings (SSSR count). The first kappa shape index (κ1) is 20.2. The minimum Gasteiger partial charge on any atom is -0.497 e. The summed E-state index contributed by atoms with van der Waals surface area (Å²) in [7, 11) is -2.03. The van der Waals surface area contributed by atoms with Crippen molar-refractivity contribution < 1.29 is 22.7 Å². The zero-order valence-electron chi connectivity index (χ0n) is 16.3. The summed E-state index contributed by atoms with van der Waals surface area (Å²) in [6, 6.07) is 13.5. The number of para-hydroxylation sites is 1. The Hall–Kier alpha value is -2.54. The molecule has 1 N–H and O–H groups in total. The van der Waals surface area contributed by atoms with Gasteiger partial charge in [-0.3, -0.25) is 4.79 Å². The van der Waals surface area contributed by atoms with Crippen molar-refractivity contribution >= 4 is 15.7 Å². The standard InChI is InChI=1S/C21H25NO5S/c1-21(2)14-18(17-6-4-5-7-19(17)27-21)22-20(23)12-13-28(24,25)16-10-8-15(26-3)9-11-16/h4-11,18H,12-14H2,1-3H3,(H,22,23). The third-order valence-corrected chi connectivity index (χ3v) is 6.46. The van der Waals surface area contributed by atoms with E-state index in [0.717, 1.165) is 11.3 Å². The monoisotopic (exact) mass is 403 g/mol. The van der Waals surface area contributed by atoms with Crippen LogP contribution in [0, 0.1) is 0 Å². The first-order valence-electron chi connectivity index (χ1n) is 9.14. The summed E-state index contributed by atoms with van der Waals surface area (Å²) in [5.41, 5.74) is 0.495. The summed E-state index contributed by atoms with van der Waals surface area (Å²) in [6.07, 6.45) is 0.509. The first-order chi connectivity index (χ1) is 13.2. The third-order valence-electron chi connectivity index (χ3n) is 4.73. The lowest BCUT2D eigenvalue weighted by Crippen LogP contribution is -2.41. The lowest BCUT2D eigenvalue weighted by Gasteiger charge is -2.37. The van der Waals surface area contributed by atoms with Gasteiger partial charge in [0, 0.05) is 18.4 Å². The number of ether oxygens (including phenoxy) is 2. The highest BCUT2D eigenvalue weighted by Crippen LogP contribution is 2.39. The van der Waals surface area contributed by atoms with Gasteiger partial charge >= 0.3 is 0 Å². The molecular weight excluding hydrogens is 378 g/mol. The fourth-order valence-electron chi connectivity index (χ4n) is 3.33. The van der Waals surface area contributed by atoms with Gasteiger partial charge in [-0.25, -0.2) is 8.42 Å². The number of hydrogen-bond acceptors (Lipinski definition) is 5. The zero-order chi connectivity index (χ0) is 20.4. The van der Waals surface area contributed by atoms with Crippen molar-refractivity contribution in [3.05, 3.63) is 54.1 Å². The molecule has 0 bridgehead atoms. The Labute approximate surface area is 165 Å². The van der Waals surface area contributed by atoms with Gasteiger partial charge in [-0.05, 0) is 44.2 Å². The van der Waals surface area contributed by atoms with Crippen LogP contribution in [0.4, 0.5) is 0 Å². The second kappa shape index (κ2) is 7.83. The Balaban J connectivity index is 1.65. The molecule has 28 heavy (non-hydrogen) atoms. The van der Waals surface area contributed by atoms with E-state index in [9.17, 15) is 13.2 Å². The number of nitrogens with one attached hydrogen (secondary N) is 1. The molecule has 0 aliphatic carbocycles. The highest BCUT2D eigenvalue weighted by Gasteiger charge is 2.34. The molecule has 1 aliphatic heterocycles. The molecule has 2 aromatic carbocycles. The second-order valence-electron chi connectivity index (χ2n) is 7.47. The van der Waals surface area contributed by atoms with Crippen LogP contribution in [0.3, 0.4) is 0 Å². The van der Waals surface area contributed by atoms with E-state index in [4.69, 9.17) is 9.47 Å². The van der Waals surface area contributed by atoms with Crippen LogP contribution >= 0.6 is 0 Å². The van der Waals surface area contributed by atoms with Gasteiger partial charge in [0.1, 0.15) is 17.1 Å².